The van der Waals surface area contributed by atoms with Gasteiger partial charge in [-0.15, -0.1) is 0 Å². The minimum absolute atomic E-state index is 0.115. The fourth-order valence-electron chi connectivity index (χ4n) is 3.34. The highest BCUT2D eigenvalue weighted by atomic mass is 16.2. The van der Waals surface area contributed by atoms with E-state index in [4.69, 9.17) is 5.26 Å². The van der Waals surface area contributed by atoms with E-state index in [2.05, 4.69) is 11.4 Å². The van der Waals surface area contributed by atoms with Crippen LogP contribution in [0, 0.1) is 11.3 Å². The van der Waals surface area contributed by atoms with Gasteiger partial charge in [0.25, 0.3) is 5.91 Å². The molecule has 0 radical (unpaired) electrons. The van der Waals surface area contributed by atoms with Crippen LogP contribution in [-0.2, 0) is 4.79 Å². The third-order valence-electron chi connectivity index (χ3n) is 4.67. The van der Waals surface area contributed by atoms with Crippen molar-refractivity contribution in [2.75, 3.05) is 17.3 Å². The Morgan fingerprint density at radius 3 is 2.30 bits per heavy atom. The summed E-state index contributed by atoms with van der Waals surface area (Å²) in [6.07, 6.45) is 0. The maximum Gasteiger partial charge on any atom is 0.258 e. The number of anilines is 2. The summed E-state index contributed by atoms with van der Waals surface area (Å²) in [6.45, 7) is 0. The van der Waals surface area contributed by atoms with Gasteiger partial charge in [-0.3, -0.25) is 4.79 Å². The third kappa shape index (κ3) is 2.96. The van der Waals surface area contributed by atoms with Crippen LogP contribution in [0.4, 0.5) is 11.4 Å². The summed E-state index contributed by atoms with van der Waals surface area (Å²) in [5.41, 5.74) is 5.63. The fourth-order valence-corrected chi connectivity index (χ4v) is 3.34. The first-order chi connectivity index (χ1) is 13.2. The number of fused-ring (bicyclic) bond motifs is 1. The largest absolute Gasteiger partial charge is 0.343 e. The quantitative estimate of drug-likeness (QED) is 0.706. The lowest BCUT2D eigenvalue weighted by molar-refractivity contribution is -0.110. The minimum Gasteiger partial charge on any atom is -0.343 e. The van der Waals surface area contributed by atoms with Gasteiger partial charge in [0, 0.05) is 24.0 Å². The Labute approximate surface area is 158 Å². The predicted molar refractivity (Wildman–Crippen MR) is 108 cm³/mol. The molecule has 130 valence electrons. The number of nitrogens with zero attached hydrogens (tertiary/aromatic N) is 2. The van der Waals surface area contributed by atoms with E-state index in [0.717, 1.165) is 28.2 Å². The Balaban J connectivity index is 1.93. The van der Waals surface area contributed by atoms with Crippen LogP contribution < -0.4 is 10.2 Å². The average molecular weight is 351 g/mol. The summed E-state index contributed by atoms with van der Waals surface area (Å²) >= 11 is 0. The first-order valence-corrected chi connectivity index (χ1v) is 8.63. The van der Waals surface area contributed by atoms with E-state index in [9.17, 15) is 4.79 Å². The van der Waals surface area contributed by atoms with Gasteiger partial charge >= 0.3 is 0 Å². The van der Waals surface area contributed by atoms with Crippen molar-refractivity contribution in [1.82, 2.24) is 0 Å². The van der Waals surface area contributed by atoms with Gasteiger partial charge in [0.05, 0.1) is 22.9 Å². The third-order valence-corrected chi connectivity index (χ3v) is 4.67. The number of para-hydroxylation sites is 1. The standard InChI is InChI=1S/C23H17N3O/c1-26(18-13-11-16(15-24)12-14-18)22(17-7-3-2-4-8-17)21-19-9-5-6-10-20(19)25-23(21)27/h2-14H,1H3,(H,25,27). The van der Waals surface area contributed by atoms with Crippen molar-refractivity contribution < 1.29 is 4.79 Å². The topological polar surface area (TPSA) is 56.1 Å². The van der Waals surface area contributed by atoms with Gasteiger partial charge in [-0.2, -0.15) is 5.26 Å². The van der Waals surface area contributed by atoms with Crippen molar-refractivity contribution in [1.29, 1.82) is 5.26 Å². The molecule has 0 unspecified atom stereocenters. The van der Waals surface area contributed by atoms with Crippen molar-refractivity contribution in [2.45, 2.75) is 0 Å². The molecule has 4 rings (SSSR count). The highest BCUT2D eigenvalue weighted by molar-refractivity contribution is 6.37. The summed E-state index contributed by atoms with van der Waals surface area (Å²) in [5, 5.41) is 12.0. The van der Waals surface area contributed by atoms with Gasteiger partial charge in [0.2, 0.25) is 0 Å². The van der Waals surface area contributed by atoms with Crippen LogP contribution in [-0.4, -0.2) is 13.0 Å². The number of hydrogen-bond donors (Lipinski definition) is 1. The van der Waals surface area contributed by atoms with E-state index in [1.165, 1.54) is 0 Å². The maximum absolute atomic E-state index is 12.8. The zero-order valence-electron chi connectivity index (χ0n) is 14.8. The summed E-state index contributed by atoms with van der Waals surface area (Å²) in [7, 11) is 1.94. The number of rotatable bonds is 3. The normalized spacial score (nSPS) is 14.1. The molecule has 0 aromatic heterocycles. The van der Waals surface area contributed by atoms with Crippen LogP contribution >= 0.6 is 0 Å². The molecule has 1 heterocycles. The SMILES string of the molecule is CN(C(=C1C(=O)Nc2ccccc21)c1ccccc1)c1ccc(C#N)cc1. The molecule has 0 saturated carbocycles. The smallest absolute Gasteiger partial charge is 0.258 e. The van der Waals surface area contributed by atoms with Crippen LogP contribution in [0.25, 0.3) is 11.3 Å². The molecule has 0 atom stereocenters. The molecule has 3 aromatic carbocycles. The highest BCUT2D eigenvalue weighted by Crippen LogP contribution is 2.39. The summed E-state index contributed by atoms with van der Waals surface area (Å²) in [6, 6.07) is 27.0. The molecule has 0 spiro atoms. The molecule has 1 N–H and O–H groups in total. The zero-order chi connectivity index (χ0) is 18.8. The molecule has 0 bridgehead atoms. The summed E-state index contributed by atoms with van der Waals surface area (Å²) in [4.78, 5) is 14.8. The highest BCUT2D eigenvalue weighted by Gasteiger charge is 2.29. The van der Waals surface area contributed by atoms with Gasteiger partial charge in [-0.1, -0.05) is 48.5 Å². The van der Waals surface area contributed by atoms with Gasteiger partial charge < -0.3 is 10.2 Å². The molecule has 27 heavy (non-hydrogen) atoms. The summed E-state index contributed by atoms with van der Waals surface area (Å²) < 4.78 is 0. The second-order valence-electron chi connectivity index (χ2n) is 6.31. The van der Waals surface area contributed by atoms with Gasteiger partial charge in [0.15, 0.2) is 0 Å². The van der Waals surface area contributed by atoms with Crippen molar-refractivity contribution in [3.05, 3.63) is 95.6 Å². The lowest BCUT2D eigenvalue weighted by Crippen LogP contribution is -2.19. The second-order valence-corrected chi connectivity index (χ2v) is 6.31. The van der Waals surface area contributed by atoms with Crippen LogP contribution in [0.3, 0.4) is 0 Å². The van der Waals surface area contributed by atoms with Crippen molar-refractivity contribution in [3.63, 3.8) is 0 Å². The van der Waals surface area contributed by atoms with E-state index in [1.54, 1.807) is 12.1 Å². The zero-order valence-corrected chi connectivity index (χ0v) is 14.8. The molecule has 1 aliphatic heterocycles. The van der Waals surface area contributed by atoms with E-state index in [0.29, 0.717) is 11.1 Å². The van der Waals surface area contributed by atoms with Crippen LogP contribution in [0.1, 0.15) is 16.7 Å². The molecular weight excluding hydrogens is 334 g/mol. The fraction of sp³-hybridized carbons (Fsp3) is 0.0435. The van der Waals surface area contributed by atoms with Crippen molar-refractivity contribution in [2.24, 2.45) is 0 Å². The Morgan fingerprint density at radius 2 is 1.59 bits per heavy atom. The Morgan fingerprint density at radius 1 is 0.926 bits per heavy atom. The van der Waals surface area contributed by atoms with Gasteiger partial charge in [-0.25, -0.2) is 0 Å². The molecule has 0 aliphatic carbocycles. The number of nitriles is 1. The summed E-state index contributed by atoms with van der Waals surface area (Å²) in [5.74, 6) is -0.115. The molecule has 3 aromatic rings. The van der Waals surface area contributed by atoms with E-state index < -0.39 is 0 Å². The number of amides is 1. The molecule has 1 aliphatic rings. The van der Waals surface area contributed by atoms with E-state index in [-0.39, 0.29) is 5.91 Å². The number of carbonyl (C=O) groups excluding carboxylic acids is 1. The van der Waals surface area contributed by atoms with E-state index >= 15 is 0 Å². The average Bonchev–Trinajstić information content (AvgIpc) is 3.05. The molecule has 1 amide bonds. The maximum atomic E-state index is 12.8. The first-order valence-electron chi connectivity index (χ1n) is 8.63. The Hall–Kier alpha value is -3.84. The molecule has 4 nitrogen and oxygen atoms in total. The minimum atomic E-state index is -0.115. The van der Waals surface area contributed by atoms with E-state index in [1.807, 2.05) is 78.7 Å². The monoisotopic (exact) mass is 351 g/mol. The molecular formula is C23H17N3O. The molecule has 0 fully saturated rings. The van der Waals surface area contributed by atoms with Crippen LogP contribution in [0.2, 0.25) is 0 Å². The Bertz CT molecular complexity index is 1080. The van der Waals surface area contributed by atoms with Crippen molar-refractivity contribution in [3.8, 4) is 6.07 Å². The number of benzene rings is 3. The van der Waals surface area contributed by atoms with Gasteiger partial charge in [0.1, 0.15) is 0 Å². The number of nitrogens with one attached hydrogen (secondary N) is 1. The molecule has 0 saturated heterocycles. The lowest BCUT2D eigenvalue weighted by Gasteiger charge is -2.25. The van der Waals surface area contributed by atoms with Crippen LogP contribution in [0.5, 0.6) is 0 Å². The lowest BCUT2D eigenvalue weighted by atomic mass is 9.99. The second kappa shape index (κ2) is 6.81. The predicted octanol–water partition coefficient (Wildman–Crippen LogP) is 4.52. The molecule has 4 heteroatoms. The first kappa shape index (κ1) is 16.6. The van der Waals surface area contributed by atoms with Crippen LogP contribution in [0.15, 0.2) is 78.9 Å². The Kier molecular flexibility index (Phi) is 4.19. The number of hydrogen-bond acceptors (Lipinski definition) is 3. The van der Waals surface area contributed by atoms with Crippen molar-refractivity contribution >= 4 is 28.6 Å². The number of carbonyl (C=O) groups is 1. The van der Waals surface area contributed by atoms with Gasteiger partial charge in [-0.05, 0) is 35.9 Å².